The van der Waals surface area contributed by atoms with Crippen molar-refractivity contribution in [2.45, 2.75) is 25.9 Å². The average molecular weight is 372 g/mol. The highest BCUT2D eigenvalue weighted by Gasteiger charge is 2.25. The molecule has 142 valence electrons. The van der Waals surface area contributed by atoms with Crippen molar-refractivity contribution < 1.29 is 23.4 Å². The van der Waals surface area contributed by atoms with E-state index in [0.717, 1.165) is 5.56 Å². The standard InChI is InChI=1S/C20H21FN2O4/c1-13-10-18-19(26-12-25-18)11-16(13)22-20(24)23-8-6-14(7-9-23)27-17-5-3-2-4-15(17)21/h2-5,10-11,14H,6-9,12H2,1H3,(H,22,24). The molecule has 0 bridgehead atoms. The fourth-order valence-electron chi connectivity index (χ4n) is 3.27. The normalized spacial score (nSPS) is 16.3. The molecule has 2 aromatic rings. The summed E-state index contributed by atoms with van der Waals surface area (Å²) in [4.78, 5) is 14.3. The minimum Gasteiger partial charge on any atom is -0.487 e. The first-order valence-electron chi connectivity index (χ1n) is 8.97. The number of nitrogens with zero attached hydrogens (tertiary/aromatic N) is 1. The van der Waals surface area contributed by atoms with Crippen LogP contribution >= 0.6 is 0 Å². The van der Waals surface area contributed by atoms with Crippen molar-refractivity contribution in [2.75, 3.05) is 25.2 Å². The van der Waals surface area contributed by atoms with Crippen LogP contribution < -0.4 is 19.5 Å². The summed E-state index contributed by atoms with van der Waals surface area (Å²) >= 11 is 0. The van der Waals surface area contributed by atoms with Gasteiger partial charge in [-0.3, -0.25) is 0 Å². The Kier molecular flexibility index (Phi) is 4.75. The number of aryl methyl sites for hydroxylation is 1. The Hall–Kier alpha value is -2.96. The summed E-state index contributed by atoms with van der Waals surface area (Å²) in [5.41, 5.74) is 1.61. The number of urea groups is 1. The number of amides is 2. The number of ether oxygens (including phenoxy) is 3. The van der Waals surface area contributed by atoms with Gasteiger partial charge in [0.2, 0.25) is 6.79 Å². The lowest BCUT2D eigenvalue weighted by atomic mass is 10.1. The predicted molar refractivity (Wildman–Crippen MR) is 97.9 cm³/mol. The fraction of sp³-hybridized carbons (Fsp3) is 0.350. The first kappa shape index (κ1) is 17.5. The molecule has 0 atom stereocenters. The highest BCUT2D eigenvalue weighted by Crippen LogP contribution is 2.36. The third kappa shape index (κ3) is 3.77. The van der Waals surface area contributed by atoms with Crippen LogP contribution in [-0.4, -0.2) is 36.9 Å². The average Bonchev–Trinajstić information content (AvgIpc) is 3.11. The van der Waals surface area contributed by atoms with Gasteiger partial charge in [-0.25, -0.2) is 9.18 Å². The van der Waals surface area contributed by atoms with Crippen LogP contribution in [0.1, 0.15) is 18.4 Å². The zero-order valence-corrected chi connectivity index (χ0v) is 15.0. The van der Waals surface area contributed by atoms with Gasteiger partial charge in [0.15, 0.2) is 23.1 Å². The molecule has 1 fully saturated rings. The van der Waals surface area contributed by atoms with Gasteiger partial charge in [0.1, 0.15) is 6.10 Å². The van der Waals surface area contributed by atoms with E-state index < -0.39 is 0 Å². The Labute approximate surface area is 156 Å². The molecule has 2 aliphatic heterocycles. The number of para-hydroxylation sites is 1. The molecule has 0 spiro atoms. The minimum absolute atomic E-state index is 0.0989. The second-order valence-corrected chi connectivity index (χ2v) is 6.69. The molecule has 0 unspecified atom stereocenters. The number of fused-ring (bicyclic) bond motifs is 1. The van der Waals surface area contributed by atoms with Crippen molar-refractivity contribution in [1.29, 1.82) is 0 Å². The highest BCUT2D eigenvalue weighted by molar-refractivity contribution is 5.90. The van der Waals surface area contributed by atoms with E-state index in [1.54, 1.807) is 29.2 Å². The lowest BCUT2D eigenvalue weighted by Crippen LogP contribution is -2.43. The van der Waals surface area contributed by atoms with Crippen molar-refractivity contribution >= 4 is 11.7 Å². The number of carbonyl (C=O) groups is 1. The van der Waals surface area contributed by atoms with Crippen LogP contribution in [0.15, 0.2) is 36.4 Å². The number of likely N-dealkylation sites (tertiary alicyclic amines) is 1. The second kappa shape index (κ2) is 7.34. The number of hydrogen-bond acceptors (Lipinski definition) is 4. The quantitative estimate of drug-likeness (QED) is 0.887. The fourth-order valence-corrected chi connectivity index (χ4v) is 3.27. The molecule has 0 radical (unpaired) electrons. The molecule has 6 nitrogen and oxygen atoms in total. The Morgan fingerprint density at radius 1 is 1.19 bits per heavy atom. The molecule has 0 aromatic heterocycles. The molecular formula is C20H21FN2O4. The van der Waals surface area contributed by atoms with Crippen LogP contribution in [0.25, 0.3) is 0 Å². The van der Waals surface area contributed by atoms with Crippen molar-refractivity contribution in [3.05, 3.63) is 47.8 Å². The number of piperidine rings is 1. The summed E-state index contributed by atoms with van der Waals surface area (Å²) in [6.45, 7) is 3.21. The molecule has 1 saturated heterocycles. The van der Waals surface area contributed by atoms with Crippen molar-refractivity contribution in [3.63, 3.8) is 0 Å². The summed E-state index contributed by atoms with van der Waals surface area (Å²) in [6.07, 6.45) is 1.21. The summed E-state index contributed by atoms with van der Waals surface area (Å²) in [5, 5.41) is 2.93. The molecular weight excluding hydrogens is 351 g/mol. The number of carbonyl (C=O) groups excluding carboxylic acids is 1. The molecule has 1 N–H and O–H groups in total. The van der Waals surface area contributed by atoms with Crippen LogP contribution in [-0.2, 0) is 0 Å². The molecule has 7 heteroatoms. The number of nitrogens with one attached hydrogen (secondary N) is 1. The smallest absolute Gasteiger partial charge is 0.321 e. The van der Waals surface area contributed by atoms with Gasteiger partial charge in [0, 0.05) is 37.7 Å². The molecule has 0 aliphatic carbocycles. The van der Waals surface area contributed by atoms with E-state index in [2.05, 4.69) is 5.32 Å². The third-order valence-electron chi connectivity index (χ3n) is 4.82. The number of anilines is 1. The lowest BCUT2D eigenvalue weighted by molar-refractivity contribution is 0.112. The van der Waals surface area contributed by atoms with E-state index in [1.807, 2.05) is 13.0 Å². The minimum atomic E-state index is -0.365. The van der Waals surface area contributed by atoms with Gasteiger partial charge in [0.05, 0.1) is 0 Å². The molecule has 4 rings (SSSR count). The van der Waals surface area contributed by atoms with Crippen molar-refractivity contribution in [1.82, 2.24) is 4.90 Å². The van der Waals surface area contributed by atoms with Gasteiger partial charge in [-0.1, -0.05) is 12.1 Å². The zero-order valence-electron chi connectivity index (χ0n) is 15.0. The van der Waals surface area contributed by atoms with Crippen molar-refractivity contribution in [2.24, 2.45) is 0 Å². The van der Waals surface area contributed by atoms with Gasteiger partial charge >= 0.3 is 6.03 Å². The molecule has 2 amide bonds. The largest absolute Gasteiger partial charge is 0.487 e. The molecule has 0 saturated carbocycles. The van der Waals surface area contributed by atoms with Crippen LogP contribution in [0.4, 0.5) is 14.9 Å². The van der Waals surface area contributed by atoms with Gasteiger partial charge in [0.25, 0.3) is 0 Å². The molecule has 2 aliphatic rings. The first-order chi connectivity index (χ1) is 13.1. The maximum Gasteiger partial charge on any atom is 0.321 e. The summed E-state index contributed by atoms with van der Waals surface area (Å²) in [5.74, 6) is 1.22. The maximum atomic E-state index is 13.7. The van der Waals surface area contributed by atoms with Crippen LogP contribution in [0.2, 0.25) is 0 Å². The SMILES string of the molecule is Cc1cc2c(cc1NC(=O)N1CCC(Oc3ccccc3F)CC1)OCO2. The van der Waals surface area contributed by atoms with Gasteiger partial charge in [-0.2, -0.15) is 0 Å². The van der Waals surface area contributed by atoms with E-state index >= 15 is 0 Å². The monoisotopic (exact) mass is 372 g/mol. The Balaban J connectivity index is 1.33. The van der Waals surface area contributed by atoms with E-state index in [9.17, 15) is 9.18 Å². The second-order valence-electron chi connectivity index (χ2n) is 6.69. The first-order valence-corrected chi connectivity index (χ1v) is 8.97. The topological polar surface area (TPSA) is 60.0 Å². The lowest BCUT2D eigenvalue weighted by Gasteiger charge is -2.32. The summed E-state index contributed by atoms with van der Waals surface area (Å²) < 4.78 is 30.1. The van der Waals surface area contributed by atoms with Gasteiger partial charge in [-0.05, 0) is 30.7 Å². The highest BCUT2D eigenvalue weighted by atomic mass is 19.1. The number of halogens is 1. The number of hydrogen-bond donors (Lipinski definition) is 1. The van der Waals surface area contributed by atoms with Crippen LogP contribution in [0.3, 0.4) is 0 Å². The number of rotatable bonds is 3. The number of benzene rings is 2. The Morgan fingerprint density at radius 3 is 2.63 bits per heavy atom. The molecule has 2 heterocycles. The van der Waals surface area contributed by atoms with Crippen molar-refractivity contribution in [3.8, 4) is 17.2 Å². The Morgan fingerprint density at radius 2 is 1.89 bits per heavy atom. The van der Waals surface area contributed by atoms with Crippen LogP contribution in [0, 0.1) is 12.7 Å². The Bertz CT molecular complexity index is 850. The molecule has 2 aromatic carbocycles. The van der Waals surface area contributed by atoms with E-state index in [4.69, 9.17) is 14.2 Å². The maximum absolute atomic E-state index is 13.7. The van der Waals surface area contributed by atoms with E-state index in [-0.39, 0.29) is 30.5 Å². The van der Waals surface area contributed by atoms with Crippen LogP contribution in [0.5, 0.6) is 17.2 Å². The zero-order chi connectivity index (χ0) is 18.8. The van der Waals surface area contributed by atoms with E-state index in [1.165, 1.54) is 6.07 Å². The van der Waals surface area contributed by atoms with E-state index in [0.29, 0.717) is 43.1 Å². The summed E-state index contributed by atoms with van der Waals surface area (Å²) in [6, 6.07) is 9.85. The van der Waals surface area contributed by atoms with Gasteiger partial charge < -0.3 is 24.4 Å². The third-order valence-corrected chi connectivity index (χ3v) is 4.82. The molecule has 27 heavy (non-hydrogen) atoms. The van der Waals surface area contributed by atoms with Gasteiger partial charge in [-0.15, -0.1) is 0 Å². The predicted octanol–water partition coefficient (Wildman–Crippen LogP) is 3.94. The summed E-state index contributed by atoms with van der Waals surface area (Å²) in [7, 11) is 0.